The van der Waals surface area contributed by atoms with Crippen LogP contribution in [0.25, 0.3) is 0 Å². The summed E-state index contributed by atoms with van der Waals surface area (Å²) >= 11 is 0. The average Bonchev–Trinajstić information content (AvgIpc) is 2.74. The van der Waals surface area contributed by atoms with Gasteiger partial charge in [-0.15, -0.1) is 0 Å². The number of nitrogens with zero attached hydrogens (tertiary/aromatic N) is 3. The van der Waals surface area contributed by atoms with Gasteiger partial charge in [-0.05, 0) is 19.5 Å². The Labute approximate surface area is 106 Å². The molecule has 1 fully saturated rings. The number of aromatic amines is 1. The predicted octanol–water partition coefficient (Wildman–Crippen LogP) is -1.24. The molecular formula is C11H20N6O. The first-order valence-electron chi connectivity index (χ1n) is 6.38. The molecular weight excluding hydrogens is 232 g/mol. The number of hydrogen-bond donors (Lipinski definition) is 3. The zero-order valence-electron chi connectivity index (χ0n) is 10.5. The van der Waals surface area contributed by atoms with E-state index in [1.807, 2.05) is 0 Å². The van der Waals surface area contributed by atoms with Gasteiger partial charge in [-0.2, -0.15) is 5.10 Å². The van der Waals surface area contributed by atoms with E-state index in [1.165, 1.54) is 6.33 Å². The van der Waals surface area contributed by atoms with E-state index < -0.39 is 0 Å². The summed E-state index contributed by atoms with van der Waals surface area (Å²) in [6.45, 7) is 5.02. The van der Waals surface area contributed by atoms with Gasteiger partial charge >= 0.3 is 0 Å². The molecule has 100 valence electrons. The topological polar surface area (TPSA) is 85.9 Å². The molecule has 1 amide bonds. The van der Waals surface area contributed by atoms with Crippen LogP contribution in [0.2, 0.25) is 0 Å². The monoisotopic (exact) mass is 252 g/mol. The van der Waals surface area contributed by atoms with Crippen molar-refractivity contribution in [2.24, 2.45) is 0 Å². The van der Waals surface area contributed by atoms with Gasteiger partial charge in [0, 0.05) is 26.1 Å². The summed E-state index contributed by atoms with van der Waals surface area (Å²) in [5.74, 6) is 0.880. The third-order valence-electron chi connectivity index (χ3n) is 2.95. The van der Waals surface area contributed by atoms with Crippen LogP contribution in [0, 0.1) is 0 Å². The number of carbonyl (C=O) groups excluding carboxylic acids is 1. The second-order valence-corrected chi connectivity index (χ2v) is 4.41. The van der Waals surface area contributed by atoms with Crippen molar-refractivity contribution >= 4 is 5.91 Å². The molecule has 1 saturated heterocycles. The maximum Gasteiger partial charge on any atom is 0.234 e. The Bertz CT molecular complexity index is 344. The molecule has 18 heavy (non-hydrogen) atoms. The summed E-state index contributed by atoms with van der Waals surface area (Å²) in [6, 6.07) is 0. The fourth-order valence-corrected chi connectivity index (χ4v) is 1.99. The standard InChI is InChI=1S/C11H20N6O/c18-11(8-17-6-1-3-12-5-7-17)13-4-2-10-14-9-15-16-10/h9,12H,1-8H2,(H,13,18)(H,14,15,16). The van der Waals surface area contributed by atoms with Gasteiger partial charge in [0.1, 0.15) is 12.2 Å². The summed E-state index contributed by atoms with van der Waals surface area (Å²) in [7, 11) is 0. The van der Waals surface area contributed by atoms with E-state index in [1.54, 1.807) is 0 Å². The van der Waals surface area contributed by atoms with Crippen LogP contribution in [0.15, 0.2) is 6.33 Å². The van der Waals surface area contributed by atoms with Crippen LogP contribution in [0.4, 0.5) is 0 Å². The quantitative estimate of drug-likeness (QED) is 0.610. The minimum Gasteiger partial charge on any atom is -0.355 e. The molecule has 2 rings (SSSR count). The number of nitrogens with one attached hydrogen (secondary N) is 3. The smallest absolute Gasteiger partial charge is 0.234 e. The van der Waals surface area contributed by atoms with Gasteiger partial charge in [0.2, 0.25) is 5.91 Å². The Hall–Kier alpha value is -1.47. The van der Waals surface area contributed by atoms with Gasteiger partial charge in [0.05, 0.1) is 6.54 Å². The van der Waals surface area contributed by atoms with E-state index in [4.69, 9.17) is 0 Å². The molecule has 0 aliphatic carbocycles. The lowest BCUT2D eigenvalue weighted by molar-refractivity contribution is -0.122. The van der Waals surface area contributed by atoms with E-state index in [0.717, 1.165) is 38.4 Å². The zero-order valence-corrected chi connectivity index (χ0v) is 10.5. The summed E-state index contributed by atoms with van der Waals surface area (Å²) < 4.78 is 0. The maximum absolute atomic E-state index is 11.7. The van der Waals surface area contributed by atoms with Gasteiger partial charge in [0.25, 0.3) is 0 Å². The minimum atomic E-state index is 0.0800. The van der Waals surface area contributed by atoms with E-state index in [0.29, 0.717) is 19.5 Å². The van der Waals surface area contributed by atoms with Crippen molar-refractivity contribution in [2.45, 2.75) is 12.8 Å². The molecule has 0 saturated carbocycles. The molecule has 0 atom stereocenters. The van der Waals surface area contributed by atoms with Gasteiger partial charge in [-0.1, -0.05) is 0 Å². The zero-order chi connectivity index (χ0) is 12.6. The lowest BCUT2D eigenvalue weighted by Crippen LogP contribution is -2.39. The lowest BCUT2D eigenvalue weighted by atomic mass is 10.3. The normalized spacial score (nSPS) is 17.3. The van der Waals surface area contributed by atoms with Crippen molar-refractivity contribution in [1.29, 1.82) is 0 Å². The first kappa shape index (κ1) is 13.0. The highest BCUT2D eigenvalue weighted by molar-refractivity contribution is 5.77. The highest BCUT2D eigenvalue weighted by Gasteiger charge is 2.12. The molecule has 0 spiro atoms. The highest BCUT2D eigenvalue weighted by Crippen LogP contribution is 1.94. The van der Waals surface area contributed by atoms with Gasteiger partial charge in [-0.25, -0.2) is 4.98 Å². The lowest BCUT2D eigenvalue weighted by Gasteiger charge is -2.18. The fraction of sp³-hybridized carbons (Fsp3) is 0.727. The van der Waals surface area contributed by atoms with E-state index >= 15 is 0 Å². The van der Waals surface area contributed by atoms with Gasteiger partial charge < -0.3 is 10.6 Å². The molecule has 7 heteroatoms. The third-order valence-corrected chi connectivity index (χ3v) is 2.95. The molecule has 0 aromatic carbocycles. The Morgan fingerprint density at radius 1 is 1.44 bits per heavy atom. The van der Waals surface area contributed by atoms with Crippen LogP contribution in [0.1, 0.15) is 12.2 Å². The Morgan fingerprint density at radius 2 is 2.39 bits per heavy atom. The van der Waals surface area contributed by atoms with Crippen molar-refractivity contribution in [3.05, 3.63) is 12.2 Å². The minimum absolute atomic E-state index is 0.0800. The molecule has 0 unspecified atom stereocenters. The van der Waals surface area contributed by atoms with Crippen LogP contribution in [0.3, 0.4) is 0 Å². The molecule has 1 aliphatic heterocycles. The molecule has 2 heterocycles. The Morgan fingerprint density at radius 3 is 3.22 bits per heavy atom. The second kappa shape index (κ2) is 7.07. The second-order valence-electron chi connectivity index (χ2n) is 4.41. The summed E-state index contributed by atoms with van der Waals surface area (Å²) in [4.78, 5) is 17.9. The molecule has 1 aromatic rings. The molecule has 0 radical (unpaired) electrons. The first-order valence-corrected chi connectivity index (χ1v) is 6.38. The Kier molecular flexibility index (Phi) is 5.10. The maximum atomic E-state index is 11.7. The Balaban J connectivity index is 1.62. The number of rotatable bonds is 5. The summed E-state index contributed by atoms with van der Waals surface area (Å²) in [6.07, 6.45) is 3.26. The largest absolute Gasteiger partial charge is 0.355 e. The molecule has 1 aliphatic rings. The van der Waals surface area contributed by atoms with Crippen LogP contribution >= 0.6 is 0 Å². The molecule has 0 bridgehead atoms. The van der Waals surface area contributed by atoms with Crippen molar-refractivity contribution in [2.75, 3.05) is 39.3 Å². The van der Waals surface area contributed by atoms with E-state index in [9.17, 15) is 4.79 Å². The average molecular weight is 252 g/mol. The predicted molar refractivity (Wildman–Crippen MR) is 67.0 cm³/mol. The molecule has 3 N–H and O–H groups in total. The van der Waals surface area contributed by atoms with Crippen LogP contribution in [-0.4, -0.2) is 65.3 Å². The van der Waals surface area contributed by atoms with Crippen LogP contribution < -0.4 is 10.6 Å². The van der Waals surface area contributed by atoms with Gasteiger partial charge in [0.15, 0.2) is 0 Å². The fourth-order valence-electron chi connectivity index (χ4n) is 1.99. The number of aromatic nitrogens is 3. The first-order chi connectivity index (χ1) is 8.84. The number of carbonyl (C=O) groups is 1. The summed E-state index contributed by atoms with van der Waals surface area (Å²) in [5.41, 5.74) is 0. The van der Waals surface area contributed by atoms with Crippen LogP contribution in [0.5, 0.6) is 0 Å². The molecule has 1 aromatic heterocycles. The van der Waals surface area contributed by atoms with Crippen molar-refractivity contribution in [3.8, 4) is 0 Å². The molecule has 7 nitrogen and oxygen atoms in total. The van der Waals surface area contributed by atoms with Crippen molar-refractivity contribution in [1.82, 2.24) is 30.7 Å². The summed E-state index contributed by atoms with van der Waals surface area (Å²) in [5, 5.41) is 12.7. The number of H-pyrrole nitrogens is 1. The van der Waals surface area contributed by atoms with Gasteiger partial charge in [-0.3, -0.25) is 14.8 Å². The SMILES string of the molecule is O=C(CN1CCCNCC1)NCCc1ncn[nH]1. The van der Waals surface area contributed by atoms with Crippen LogP contribution in [-0.2, 0) is 11.2 Å². The third kappa shape index (κ3) is 4.42. The number of amides is 1. The van der Waals surface area contributed by atoms with Crippen molar-refractivity contribution in [3.63, 3.8) is 0 Å². The highest BCUT2D eigenvalue weighted by atomic mass is 16.2. The van der Waals surface area contributed by atoms with E-state index in [2.05, 4.69) is 30.7 Å². The van der Waals surface area contributed by atoms with Crippen molar-refractivity contribution < 1.29 is 4.79 Å². The van der Waals surface area contributed by atoms with E-state index in [-0.39, 0.29) is 5.91 Å². The number of hydrogen-bond acceptors (Lipinski definition) is 5.